The van der Waals surface area contributed by atoms with Crippen LogP contribution in [0.4, 0.5) is 0 Å². The number of ether oxygens (including phenoxy) is 10. The summed E-state index contributed by atoms with van der Waals surface area (Å²) in [4.78, 5) is 25.0. The summed E-state index contributed by atoms with van der Waals surface area (Å²) in [7, 11) is 9.75. The molecule has 2 aliphatic rings. The van der Waals surface area contributed by atoms with E-state index in [1.54, 1.807) is 43.5 Å². The van der Waals surface area contributed by atoms with Crippen LogP contribution < -0.4 is 63.3 Å². The Hall–Kier alpha value is -6.56. The maximum atomic E-state index is 12.7. The third kappa shape index (κ3) is 9.81. The standard InChI is InChI=1S/C26H35NO7Si.C20H21NO7.CH4/c1-26(2,3)35(8,9)34-20-12-15(10-11-19(20)29-4)16-13-18(27)25(28)33-22-17(16)14-21(30-5)23(31-6)24(22)32-7;1-24-15-6-5-10(7-14(15)22)11-8-13(21)20(23)28-17-12(11)9-16(25-2)18(26-3)19(17)27-4;/h10-14,18H,27H2,1-9H3;5-9,13,22H,21H2,1-4H3;1H4. The average Bonchev–Trinajstić information content (AvgIpc) is 3.46. The van der Waals surface area contributed by atoms with E-state index >= 15 is 0 Å². The monoisotopic (exact) mass is 904 g/mol. The molecule has 6 rings (SSSR count). The minimum atomic E-state index is -2.17. The molecule has 0 aliphatic carbocycles. The SMILES string of the molecule is C.COc1ccc(C2=CC(N)C(=O)Oc3c2cc(OC)c(OC)c3OC)cc1O.COc1ccc(C2=CC(N)C(=O)Oc3c2cc(OC)c(OC)c3OC)cc1O[Si](C)(C)C(C)(C)C. The third-order valence-corrected chi connectivity index (χ3v) is 15.3. The lowest BCUT2D eigenvalue weighted by molar-refractivity contribution is -0.135. The molecule has 0 bridgehead atoms. The van der Waals surface area contributed by atoms with Gasteiger partial charge in [-0.3, -0.25) is 0 Å². The summed E-state index contributed by atoms with van der Waals surface area (Å²) in [5.41, 5.74) is 15.8. The molecule has 0 amide bonds. The lowest BCUT2D eigenvalue weighted by Gasteiger charge is -2.37. The fourth-order valence-electron chi connectivity index (χ4n) is 6.59. The molecule has 0 fully saturated rings. The first-order valence-electron chi connectivity index (χ1n) is 19.6. The van der Waals surface area contributed by atoms with Crippen molar-refractivity contribution in [3.63, 3.8) is 0 Å². The van der Waals surface area contributed by atoms with Gasteiger partial charge in [-0.25, -0.2) is 9.59 Å². The van der Waals surface area contributed by atoms with Gasteiger partial charge in [0, 0.05) is 11.1 Å². The van der Waals surface area contributed by atoms with Crippen molar-refractivity contribution >= 4 is 31.4 Å². The quantitative estimate of drug-likeness (QED) is 0.0713. The number of hydrogen-bond acceptors (Lipinski definition) is 16. The number of rotatable bonds is 12. The molecule has 0 aromatic heterocycles. The number of phenolic OH excluding ortho intramolecular Hbond substituents is 1. The minimum absolute atomic E-state index is 0. The zero-order valence-electron chi connectivity index (χ0n) is 37.8. The van der Waals surface area contributed by atoms with Crippen LogP contribution in [0.3, 0.4) is 0 Å². The normalized spacial score (nSPS) is 15.5. The molecule has 0 radical (unpaired) electrons. The molecule has 64 heavy (non-hydrogen) atoms. The zero-order valence-corrected chi connectivity index (χ0v) is 38.8. The number of carbonyl (C=O) groups is 2. The molecule has 2 heterocycles. The fourth-order valence-corrected chi connectivity index (χ4v) is 7.60. The van der Waals surface area contributed by atoms with Crippen LogP contribution in [0.1, 0.15) is 50.5 Å². The van der Waals surface area contributed by atoms with Gasteiger partial charge in [0.1, 0.15) is 17.8 Å². The summed E-state index contributed by atoms with van der Waals surface area (Å²) in [6.07, 6.45) is 3.22. The number of nitrogens with two attached hydrogens (primary N) is 2. The second-order valence-corrected chi connectivity index (χ2v) is 20.4. The van der Waals surface area contributed by atoms with Crippen molar-refractivity contribution in [1.29, 1.82) is 0 Å². The maximum Gasteiger partial charge on any atom is 0.332 e. The van der Waals surface area contributed by atoms with Gasteiger partial charge in [0.15, 0.2) is 40.2 Å². The second kappa shape index (κ2) is 20.3. The Bertz CT molecular complexity index is 2440. The van der Waals surface area contributed by atoms with Gasteiger partial charge in [-0.15, -0.1) is 0 Å². The number of fused-ring (bicyclic) bond motifs is 2. The Morgan fingerprint density at radius 3 is 1.30 bits per heavy atom. The molecule has 0 saturated carbocycles. The summed E-state index contributed by atoms with van der Waals surface area (Å²) < 4.78 is 61.3. The molecule has 17 heteroatoms. The first kappa shape index (κ1) is 50.1. The summed E-state index contributed by atoms with van der Waals surface area (Å²) >= 11 is 0. The molecule has 4 aromatic carbocycles. The number of benzene rings is 4. The lowest BCUT2D eigenvalue weighted by atomic mass is 9.94. The molecule has 0 spiro atoms. The molecule has 4 aromatic rings. The van der Waals surface area contributed by atoms with Crippen molar-refractivity contribution in [2.45, 2.75) is 58.4 Å². The van der Waals surface area contributed by atoms with Crippen LogP contribution in [0.2, 0.25) is 18.1 Å². The van der Waals surface area contributed by atoms with Crippen molar-refractivity contribution < 1.29 is 66.5 Å². The largest absolute Gasteiger partial charge is 0.541 e. The molecule has 0 saturated heterocycles. The first-order chi connectivity index (χ1) is 29.8. The topological polar surface area (TPSA) is 208 Å². The Morgan fingerprint density at radius 1 is 0.547 bits per heavy atom. The predicted octanol–water partition coefficient (Wildman–Crippen LogP) is 7.52. The van der Waals surface area contributed by atoms with E-state index in [-0.39, 0.29) is 47.0 Å². The minimum Gasteiger partial charge on any atom is -0.541 e. The average molecular weight is 905 g/mol. The Morgan fingerprint density at radius 2 is 0.938 bits per heavy atom. The third-order valence-electron chi connectivity index (χ3n) is 10.9. The van der Waals surface area contributed by atoms with Crippen LogP contribution in [0.25, 0.3) is 11.1 Å². The van der Waals surface area contributed by atoms with E-state index in [1.165, 1.54) is 55.8 Å². The summed E-state index contributed by atoms with van der Waals surface area (Å²) in [5.74, 6) is 2.43. The molecule has 2 aliphatic heterocycles. The van der Waals surface area contributed by atoms with E-state index in [2.05, 4.69) is 33.9 Å². The number of methoxy groups -OCH3 is 8. The molecule has 346 valence electrons. The van der Waals surface area contributed by atoms with Gasteiger partial charge in [-0.1, -0.05) is 40.3 Å². The van der Waals surface area contributed by atoms with Crippen LogP contribution >= 0.6 is 0 Å². The lowest BCUT2D eigenvalue weighted by Crippen LogP contribution is -2.43. The van der Waals surface area contributed by atoms with E-state index in [0.717, 1.165) is 5.56 Å². The number of hydrogen-bond donors (Lipinski definition) is 3. The number of phenols is 1. The van der Waals surface area contributed by atoms with Gasteiger partial charge in [0.2, 0.25) is 23.0 Å². The van der Waals surface area contributed by atoms with Crippen LogP contribution in [0.15, 0.2) is 60.7 Å². The van der Waals surface area contributed by atoms with Crippen molar-refractivity contribution in [3.8, 4) is 69.0 Å². The Labute approximate surface area is 375 Å². The van der Waals surface area contributed by atoms with Crippen molar-refractivity contribution in [2.75, 3.05) is 56.9 Å². The van der Waals surface area contributed by atoms with Gasteiger partial charge in [-0.2, -0.15) is 0 Å². The fraction of sp³-hybridized carbons (Fsp3) is 0.362. The number of carbonyl (C=O) groups excluding carboxylic acids is 2. The Kier molecular flexibility index (Phi) is 15.9. The molecular weight excluding hydrogens is 845 g/mol. The van der Waals surface area contributed by atoms with Gasteiger partial charge >= 0.3 is 11.9 Å². The summed E-state index contributed by atoms with van der Waals surface area (Å²) in [6, 6.07) is 11.9. The highest BCUT2D eigenvalue weighted by atomic mass is 28.4. The highest BCUT2D eigenvalue weighted by Gasteiger charge is 2.40. The van der Waals surface area contributed by atoms with E-state index < -0.39 is 32.3 Å². The van der Waals surface area contributed by atoms with Gasteiger partial charge < -0.3 is 68.4 Å². The van der Waals surface area contributed by atoms with Gasteiger partial charge in [-0.05, 0) is 89.0 Å². The molecule has 2 unspecified atom stereocenters. The highest BCUT2D eigenvalue weighted by molar-refractivity contribution is 6.74. The maximum absolute atomic E-state index is 12.7. The van der Waals surface area contributed by atoms with Gasteiger partial charge in [0.25, 0.3) is 8.32 Å². The molecule has 16 nitrogen and oxygen atoms in total. The molecule has 5 N–H and O–H groups in total. The van der Waals surface area contributed by atoms with Crippen LogP contribution in [-0.4, -0.2) is 94.3 Å². The van der Waals surface area contributed by atoms with Crippen molar-refractivity contribution in [1.82, 2.24) is 0 Å². The van der Waals surface area contributed by atoms with Crippen LogP contribution in [0.5, 0.6) is 69.0 Å². The summed E-state index contributed by atoms with van der Waals surface area (Å²) in [6.45, 7) is 10.9. The van der Waals surface area contributed by atoms with Crippen LogP contribution in [-0.2, 0) is 9.59 Å². The van der Waals surface area contributed by atoms with E-state index in [9.17, 15) is 14.7 Å². The molecular formula is C47H60N2O14Si. The Balaban J connectivity index is 0.000000283. The smallest absolute Gasteiger partial charge is 0.332 e. The highest BCUT2D eigenvalue weighted by Crippen LogP contribution is 2.53. The van der Waals surface area contributed by atoms with E-state index in [4.69, 9.17) is 63.3 Å². The molecule has 2 atom stereocenters. The summed E-state index contributed by atoms with van der Waals surface area (Å²) in [5, 5.41) is 10.2. The number of esters is 2. The predicted molar refractivity (Wildman–Crippen MR) is 246 cm³/mol. The van der Waals surface area contributed by atoms with Crippen molar-refractivity contribution in [2.24, 2.45) is 11.5 Å². The second-order valence-electron chi connectivity index (χ2n) is 15.7. The van der Waals surface area contributed by atoms with E-state index in [0.29, 0.717) is 62.3 Å². The zero-order chi connectivity index (χ0) is 46.6. The van der Waals surface area contributed by atoms with Crippen LogP contribution in [0, 0.1) is 0 Å². The first-order valence-corrected chi connectivity index (χ1v) is 22.5. The number of aromatic hydroxyl groups is 1. The van der Waals surface area contributed by atoms with Gasteiger partial charge in [0.05, 0.1) is 56.9 Å². The van der Waals surface area contributed by atoms with Crippen molar-refractivity contribution in [3.05, 3.63) is 82.9 Å². The van der Waals surface area contributed by atoms with E-state index in [1.807, 2.05) is 18.2 Å².